The summed E-state index contributed by atoms with van der Waals surface area (Å²) in [5.74, 6) is 0. The van der Waals surface area contributed by atoms with Crippen LogP contribution in [0, 0.1) is 10.1 Å². The Balaban J connectivity index is 1.73. The average molecular weight is 380 g/mol. The summed E-state index contributed by atoms with van der Waals surface area (Å²) in [5, 5.41) is 10.9. The number of H-pyrrole nitrogens is 1. The van der Waals surface area contributed by atoms with Gasteiger partial charge in [0.25, 0.3) is 5.69 Å². The van der Waals surface area contributed by atoms with Crippen molar-refractivity contribution in [1.82, 2.24) is 14.9 Å². The Kier molecular flexibility index (Phi) is 4.70. The highest BCUT2D eigenvalue weighted by molar-refractivity contribution is 7.85. The largest absolute Gasteiger partial charge is 0.444 e. The topological polar surface area (TPSA) is 118 Å². The number of fused-ring (bicyclic) bond motifs is 1. The minimum absolute atomic E-state index is 0.0598. The summed E-state index contributed by atoms with van der Waals surface area (Å²) in [7, 11) is -1.46. The third-order valence-electron chi connectivity index (χ3n) is 3.94. The fourth-order valence-corrected chi connectivity index (χ4v) is 4.09. The Morgan fingerprint density at radius 3 is 2.85 bits per heavy atom. The van der Waals surface area contributed by atoms with Gasteiger partial charge in [-0.15, -0.1) is 0 Å². The van der Waals surface area contributed by atoms with Crippen LogP contribution in [0.25, 0.3) is 11.0 Å². The first-order valence-electron chi connectivity index (χ1n) is 8.17. The Bertz CT molecular complexity index is 888. The Morgan fingerprint density at radius 1 is 1.46 bits per heavy atom. The number of hydrogen-bond acceptors (Lipinski definition) is 6. The van der Waals surface area contributed by atoms with Gasteiger partial charge in [0.15, 0.2) is 5.16 Å². The van der Waals surface area contributed by atoms with Gasteiger partial charge in [0.2, 0.25) is 0 Å². The molecule has 0 saturated carbocycles. The van der Waals surface area contributed by atoms with Crippen LogP contribution in [0.15, 0.2) is 23.4 Å². The van der Waals surface area contributed by atoms with Crippen molar-refractivity contribution >= 4 is 33.6 Å². The number of benzene rings is 1. The van der Waals surface area contributed by atoms with Gasteiger partial charge in [-0.1, -0.05) is 0 Å². The van der Waals surface area contributed by atoms with Crippen molar-refractivity contribution in [2.24, 2.45) is 0 Å². The number of nitrogens with zero attached hydrogens (tertiary/aromatic N) is 3. The molecular weight excluding hydrogens is 360 g/mol. The number of hydrogen-bond donors (Lipinski definition) is 1. The van der Waals surface area contributed by atoms with Crippen LogP contribution in [0.3, 0.4) is 0 Å². The molecule has 1 saturated heterocycles. The van der Waals surface area contributed by atoms with Crippen LogP contribution in [0.4, 0.5) is 10.5 Å². The zero-order valence-electron chi connectivity index (χ0n) is 14.7. The number of carbonyl (C=O) groups excluding carboxylic acids is 1. The maximum atomic E-state index is 12.8. The highest BCUT2D eigenvalue weighted by Crippen LogP contribution is 2.24. The van der Waals surface area contributed by atoms with Crippen LogP contribution in [0.1, 0.15) is 27.2 Å². The predicted octanol–water partition coefficient (Wildman–Crippen LogP) is 2.59. The van der Waals surface area contributed by atoms with Crippen molar-refractivity contribution in [3.8, 4) is 0 Å². The zero-order valence-corrected chi connectivity index (χ0v) is 15.5. The number of nitrogens with one attached hydrogen (secondary N) is 1. The highest BCUT2D eigenvalue weighted by atomic mass is 32.2. The summed E-state index contributed by atoms with van der Waals surface area (Å²) in [5.41, 5.74) is 0.336. The van der Waals surface area contributed by atoms with E-state index in [1.54, 1.807) is 25.7 Å². The molecule has 10 heteroatoms. The van der Waals surface area contributed by atoms with Gasteiger partial charge in [-0.2, -0.15) is 0 Å². The van der Waals surface area contributed by atoms with Gasteiger partial charge in [-0.05, 0) is 33.3 Å². The SMILES string of the molecule is CC(C)(C)OC(=O)N1CC[C@H]([S@](=O)c2nc3ccc([N+](=O)[O-])cc3[nH]2)C1. The summed E-state index contributed by atoms with van der Waals surface area (Å²) < 4.78 is 18.1. The van der Waals surface area contributed by atoms with Gasteiger partial charge in [-0.3, -0.25) is 14.3 Å². The number of non-ortho nitro benzene ring substituents is 1. The lowest BCUT2D eigenvalue weighted by Gasteiger charge is -2.24. The van der Waals surface area contributed by atoms with Crippen molar-refractivity contribution in [1.29, 1.82) is 0 Å². The molecule has 0 bridgehead atoms. The maximum Gasteiger partial charge on any atom is 0.410 e. The van der Waals surface area contributed by atoms with Gasteiger partial charge >= 0.3 is 6.09 Å². The smallest absolute Gasteiger partial charge is 0.410 e. The number of likely N-dealkylation sites (tertiary alicyclic amines) is 1. The molecular formula is C16H20N4O5S. The first-order chi connectivity index (χ1) is 12.1. The molecule has 1 N–H and O–H groups in total. The standard InChI is InChI=1S/C16H20N4O5S/c1-16(2,3)25-15(21)19-7-6-11(9-19)26(24)14-17-12-5-4-10(20(22)23)8-13(12)18-14/h4-5,8,11H,6-7,9H2,1-3H3,(H,17,18)/t11-,26-/m0/s1. The number of ether oxygens (including phenoxy) is 1. The van der Waals surface area contributed by atoms with Gasteiger partial charge < -0.3 is 14.6 Å². The third-order valence-corrected chi connectivity index (χ3v) is 5.51. The van der Waals surface area contributed by atoms with Crippen LogP contribution < -0.4 is 0 Å². The van der Waals surface area contributed by atoms with Crippen molar-refractivity contribution in [3.63, 3.8) is 0 Å². The summed E-state index contributed by atoms with van der Waals surface area (Å²) in [4.78, 5) is 31.2. The lowest BCUT2D eigenvalue weighted by atomic mass is 10.2. The minimum atomic E-state index is -1.46. The number of aromatic nitrogens is 2. The van der Waals surface area contributed by atoms with E-state index in [0.717, 1.165) is 0 Å². The van der Waals surface area contributed by atoms with E-state index in [-0.39, 0.29) is 16.1 Å². The van der Waals surface area contributed by atoms with Gasteiger partial charge in [0.05, 0.1) is 32.0 Å². The number of carbonyl (C=O) groups is 1. The molecule has 0 unspecified atom stereocenters. The Hall–Kier alpha value is -2.49. The summed E-state index contributed by atoms with van der Waals surface area (Å²) >= 11 is 0. The van der Waals surface area contributed by atoms with Crippen molar-refractivity contribution in [3.05, 3.63) is 28.3 Å². The Labute approximate surface area is 152 Å². The van der Waals surface area contributed by atoms with Gasteiger partial charge in [0, 0.05) is 25.2 Å². The lowest BCUT2D eigenvalue weighted by Crippen LogP contribution is -2.36. The molecule has 1 aliphatic heterocycles. The molecule has 0 spiro atoms. The third kappa shape index (κ3) is 3.85. The van der Waals surface area contributed by atoms with Crippen molar-refractivity contribution < 1.29 is 18.7 Å². The lowest BCUT2D eigenvalue weighted by molar-refractivity contribution is -0.384. The zero-order chi connectivity index (χ0) is 19.1. The van der Waals surface area contributed by atoms with Gasteiger partial charge in [-0.25, -0.2) is 9.78 Å². The molecule has 1 aromatic heterocycles. The molecule has 2 atom stereocenters. The molecule has 26 heavy (non-hydrogen) atoms. The van der Waals surface area contributed by atoms with E-state index in [1.165, 1.54) is 18.2 Å². The second kappa shape index (κ2) is 6.67. The highest BCUT2D eigenvalue weighted by Gasteiger charge is 2.34. The molecule has 0 aliphatic carbocycles. The van der Waals surface area contributed by atoms with E-state index in [9.17, 15) is 19.1 Å². The average Bonchev–Trinajstić information content (AvgIpc) is 3.18. The molecule has 1 aromatic carbocycles. The maximum absolute atomic E-state index is 12.8. The van der Waals surface area contributed by atoms with E-state index in [0.29, 0.717) is 30.5 Å². The quantitative estimate of drug-likeness (QED) is 0.646. The first-order valence-corrected chi connectivity index (χ1v) is 9.38. The number of amides is 1. The van der Waals surface area contributed by atoms with Crippen LogP contribution in [-0.2, 0) is 15.5 Å². The number of nitro groups is 1. The van der Waals surface area contributed by atoms with Crippen LogP contribution >= 0.6 is 0 Å². The number of imidazole rings is 1. The summed E-state index contributed by atoms with van der Waals surface area (Å²) in [6.45, 7) is 6.17. The van der Waals surface area contributed by atoms with Gasteiger partial charge in [0.1, 0.15) is 5.60 Å². The van der Waals surface area contributed by atoms with Crippen LogP contribution in [0.5, 0.6) is 0 Å². The monoisotopic (exact) mass is 380 g/mol. The first kappa shape index (κ1) is 18.3. The molecule has 3 rings (SSSR count). The van der Waals surface area contributed by atoms with E-state index < -0.39 is 27.4 Å². The summed E-state index contributed by atoms with van der Waals surface area (Å²) in [6.07, 6.45) is 0.153. The molecule has 2 heterocycles. The number of rotatable bonds is 3. The number of nitro benzene ring substituents is 1. The van der Waals surface area contributed by atoms with E-state index in [2.05, 4.69) is 9.97 Å². The van der Waals surface area contributed by atoms with E-state index >= 15 is 0 Å². The van der Waals surface area contributed by atoms with E-state index in [4.69, 9.17) is 4.74 Å². The molecule has 1 amide bonds. The van der Waals surface area contributed by atoms with Crippen molar-refractivity contribution in [2.75, 3.05) is 13.1 Å². The molecule has 140 valence electrons. The number of aromatic amines is 1. The normalized spacial score (nSPS) is 18.9. The second-order valence-corrected chi connectivity index (χ2v) is 8.78. The van der Waals surface area contributed by atoms with Crippen LogP contribution in [0.2, 0.25) is 0 Å². The van der Waals surface area contributed by atoms with Crippen molar-refractivity contribution in [2.45, 2.75) is 43.2 Å². The predicted molar refractivity (Wildman–Crippen MR) is 95.4 cm³/mol. The molecule has 9 nitrogen and oxygen atoms in total. The molecule has 0 radical (unpaired) electrons. The molecule has 1 aliphatic rings. The minimum Gasteiger partial charge on any atom is -0.444 e. The fourth-order valence-electron chi connectivity index (χ4n) is 2.74. The van der Waals surface area contributed by atoms with E-state index in [1.807, 2.05) is 0 Å². The fraction of sp³-hybridized carbons (Fsp3) is 0.500. The molecule has 1 fully saturated rings. The molecule has 2 aromatic rings. The summed E-state index contributed by atoms with van der Waals surface area (Å²) in [6, 6.07) is 4.24. The Morgan fingerprint density at radius 2 is 2.19 bits per heavy atom. The second-order valence-electron chi connectivity index (χ2n) is 7.13. The van der Waals surface area contributed by atoms with Crippen LogP contribution in [-0.4, -0.2) is 54.0 Å².